The van der Waals surface area contributed by atoms with Gasteiger partial charge in [-0.05, 0) is 41.2 Å². The van der Waals surface area contributed by atoms with Crippen molar-refractivity contribution in [2.75, 3.05) is 13.2 Å². The molecule has 2 aromatic rings. The summed E-state index contributed by atoms with van der Waals surface area (Å²) in [5.41, 5.74) is 10.5. The molecule has 41 heavy (non-hydrogen) atoms. The number of rotatable bonds is 17. The van der Waals surface area contributed by atoms with Crippen molar-refractivity contribution < 1.29 is 14.3 Å². The van der Waals surface area contributed by atoms with Crippen LogP contribution in [-0.2, 0) is 14.3 Å². The molecule has 2 aromatic carbocycles. The maximum Gasteiger partial charge on any atom is 0.354 e. The van der Waals surface area contributed by atoms with Gasteiger partial charge in [0, 0.05) is 11.5 Å². The van der Waals surface area contributed by atoms with Crippen LogP contribution < -0.4 is 5.73 Å². The molecule has 1 unspecified atom stereocenters. The summed E-state index contributed by atoms with van der Waals surface area (Å²) in [7, 11) is 0. The second kappa shape index (κ2) is 18.0. The predicted octanol–water partition coefficient (Wildman–Crippen LogP) is 9.26. The molecule has 2 atom stereocenters. The fourth-order valence-corrected chi connectivity index (χ4v) is 4.90. The maximum absolute atomic E-state index is 13.2. The van der Waals surface area contributed by atoms with Gasteiger partial charge in [0.1, 0.15) is 11.5 Å². The summed E-state index contributed by atoms with van der Waals surface area (Å²) < 4.78 is 11.8. The largest absolute Gasteiger partial charge is 0.494 e. The number of unbranched alkanes of at least 4 members (excludes halogenated alkanes) is 7. The zero-order valence-electron chi connectivity index (χ0n) is 25.3. The normalized spacial score (nSPS) is 17.1. The molecule has 3 rings (SSSR count). The predicted molar refractivity (Wildman–Crippen MR) is 172 cm³/mol. The van der Waals surface area contributed by atoms with Gasteiger partial charge in [-0.25, -0.2) is 4.79 Å². The van der Waals surface area contributed by atoms with Gasteiger partial charge in [0.2, 0.25) is 0 Å². The number of esters is 1. The standard InChI is InChI=1S/C37H49NO3/c1-4-6-7-8-9-10-11-18-25-40-33-23-24-34(32(27-33)26-30-19-14-12-15-20-30)35(31-21-16-13-17-22-31)36(38)37(39)41-28-29(3)5-2/h12-17,19-24,26-27,29,34H,4-11,18,25,28,38H2,1-3H3/t29-,34?/m0/s1. The minimum Gasteiger partial charge on any atom is -0.494 e. The Hall–Kier alpha value is -3.53. The highest BCUT2D eigenvalue weighted by Gasteiger charge is 2.26. The first-order valence-corrected chi connectivity index (χ1v) is 15.5. The average Bonchev–Trinajstić information content (AvgIpc) is 3.00. The number of carbonyl (C=O) groups excluding carboxylic acids is 1. The van der Waals surface area contributed by atoms with Crippen molar-refractivity contribution in [1.82, 2.24) is 0 Å². The van der Waals surface area contributed by atoms with E-state index < -0.39 is 5.97 Å². The van der Waals surface area contributed by atoms with Gasteiger partial charge in [0.25, 0.3) is 0 Å². The topological polar surface area (TPSA) is 61.5 Å². The van der Waals surface area contributed by atoms with Gasteiger partial charge in [-0.15, -0.1) is 0 Å². The summed E-state index contributed by atoms with van der Waals surface area (Å²) in [6.07, 6.45) is 19.4. The van der Waals surface area contributed by atoms with E-state index in [2.05, 4.69) is 51.1 Å². The highest BCUT2D eigenvalue weighted by molar-refractivity contribution is 5.98. The molecule has 0 saturated carbocycles. The van der Waals surface area contributed by atoms with E-state index in [1.54, 1.807) is 0 Å². The Morgan fingerprint density at radius 3 is 2.20 bits per heavy atom. The molecule has 0 bridgehead atoms. The van der Waals surface area contributed by atoms with Gasteiger partial charge in [-0.2, -0.15) is 0 Å². The lowest BCUT2D eigenvalue weighted by atomic mass is 9.81. The van der Waals surface area contributed by atoms with Crippen molar-refractivity contribution in [3.8, 4) is 0 Å². The zero-order chi connectivity index (χ0) is 29.3. The molecule has 0 saturated heterocycles. The Balaban J connectivity index is 1.82. The van der Waals surface area contributed by atoms with E-state index in [0.29, 0.717) is 13.2 Å². The first-order chi connectivity index (χ1) is 20.0. The first-order valence-electron chi connectivity index (χ1n) is 15.5. The van der Waals surface area contributed by atoms with Gasteiger partial charge in [0.05, 0.1) is 13.2 Å². The number of hydrogen-bond acceptors (Lipinski definition) is 4. The van der Waals surface area contributed by atoms with Crippen LogP contribution in [-0.4, -0.2) is 19.2 Å². The Bertz CT molecular complexity index is 1180. The number of ether oxygens (including phenoxy) is 2. The number of allylic oxidation sites excluding steroid dienone is 5. The number of benzene rings is 2. The SMILES string of the molecule is CCCCCCCCCCOC1=CC(=Cc2ccccc2)C(C(=C(N)C(=O)OC[C@@H](C)CC)c2ccccc2)C=C1. The summed E-state index contributed by atoms with van der Waals surface area (Å²) in [6.45, 7) is 7.45. The summed E-state index contributed by atoms with van der Waals surface area (Å²) >= 11 is 0. The molecule has 0 aliphatic heterocycles. The third-order valence-electron chi connectivity index (χ3n) is 7.62. The van der Waals surface area contributed by atoms with Gasteiger partial charge in [0.15, 0.2) is 0 Å². The smallest absolute Gasteiger partial charge is 0.354 e. The van der Waals surface area contributed by atoms with Crippen LogP contribution in [0.2, 0.25) is 0 Å². The molecule has 1 aliphatic rings. The molecule has 0 fully saturated rings. The van der Waals surface area contributed by atoms with E-state index in [0.717, 1.165) is 40.9 Å². The number of hydrogen-bond donors (Lipinski definition) is 1. The van der Waals surface area contributed by atoms with Crippen LogP contribution >= 0.6 is 0 Å². The van der Waals surface area contributed by atoms with Gasteiger partial charge in [-0.3, -0.25) is 0 Å². The average molecular weight is 556 g/mol. The number of carbonyl (C=O) groups is 1. The molecule has 4 nitrogen and oxygen atoms in total. The van der Waals surface area contributed by atoms with Crippen molar-refractivity contribution in [3.05, 3.63) is 107 Å². The van der Waals surface area contributed by atoms with Crippen molar-refractivity contribution in [3.63, 3.8) is 0 Å². The maximum atomic E-state index is 13.2. The van der Waals surface area contributed by atoms with Crippen LogP contribution in [0.25, 0.3) is 11.6 Å². The van der Waals surface area contributed by atoms with Gasteiger partial charge in [-0.1, -0.05) is 145 Å². The zero-order valence-corrected chi connectivity index (χ0v) is 25.3. The molecule has 0 heterocycles. The minimum atomic E-state index is -0.475. The van der Waals surface area contributed by atoms with E-state index in [4.69, 9.17) is 15.2 Å². The van der Waals surface area contributed by atoms with Crippen molar-refractivity contribution in [1.29, 1.82) is 0 Å². The second-order valence-electron chi connectivity index (χ2n) is 11.1. The third-order valence-corrected chi connectivity index (χ3v) is 7.62. The van der Waals surface area contributed by atoms with Gasteiger partial charge < -0.3 is 15.2 Å². The summed E-state index contributed by atoms with van der Waals surface area (Å²) in [4.78, 5) is 13.2. The Kier molecular flexibility index (Phi) is 14.1. The molecule has 220 valence electrons. The van der Waals surface area contributed by atoms with E-state index >= 15 is 0 Å². The highest BCUT2D eigenvalue weighted by atomic mass is 16.5. The minimum absolute atomic E-state index is 0.143. The van der Waals surface area contributed by atoms with E-state index in [-0.39, 0.29) is 17.5 Å². The summed E-state index contributed by atoms with van der Waals surface area (Å²) in [5, 5.41) is 0. The monoisotopic (exact) mass is 555 g/mol. The molecule has 0 radical (unpaired) electrons. The molecule has 0 spiro atoms. The fourth-order valence-electron chi connectivity index (χ4n) is 4.90. The summed E-state index contributed by atoms with van der Waals surface area (Å²) in [5.74, 6) is 0.400. The van der Waals surface area contributed by atoms with E-state index in [9.17, 15) is 4.79 Å². The van der Waals surface area contributed by atoms with Crippen LogP contribution in [0.15, 0.2) is 95.9 Å². The Labute approximate surface area is 248 Å². The van der Waals surface area contributed by atoms with Crippen LogP contribution in [0.3, 0.4) is 0 Å². The fraction of sp³-hybridized carbons (Fsp3) is 0.432. The van der Waals surface area contributed by atoms with E-state index in [1.807, 2.05) is 54.6 Å². The molecule has 0 amide bonds. The molecular formula is C37H49NO3. The van der Waals surface area contributed by atoms with Crippen LogP contribution in [0.4, 0.5) is 0 Å². The van der Waals surface area contributed by atoms with E-state index in [1.165, 1.54) is 44.9 Å². The van der Waals surface area contributed by atoms with Crippen molar-refractivity contribution >= 4 is 17.6 Å². The lowest BCUT2D eigenvalue weighted by Crippen LogP contribution is -2.22. The molecular weight excluding hydrogens is 506 g/mol. The Morgan fingerprint density at radius 2 is 1.54 bits per heavy atom. The van der Waals surface area contributed by atoms with Crippen LogP contribution in [0, 0.1) is 11.8 Å². The lowest BCUT2D eigenvalue weighted by molar-refractivity contribution is -0.140. The molecule has 1 aliphatic carbocycles. The molecule has 2 N–H and O–H groups in total. The third kappa shape index (κ3) is 10.8. The highest BCUT2D eigenvalue weighted by Crippen LogP contribution is 2.37. The summed E-state index contributed by atoms with van der Waals surface area (Å²) in [6, 6.07) is 20.1. The quantitative estimate of drug-likeness (QED) is 0.120. The lowest BCUT2D eigenvalue weighted by Gasteiger charge is -2.25. The Morgan fingerprint density at radius 1 is 0.902 bits per heavy atom. The first kappa shape index (κ1) is 32.0. The molecule has 0 aromatic heterocycles. The number of nitrogens with two attached hydrogens (primary N) is 1. The molecule has 4 heteroatoms. The van der Waals surface area contributed by atoms with Crippen LogP contribution in [0.5, 0.6) is 0 Å². The van der Waals surface area contributed by atoms with Crippen LogP contribution in [0.1, 0.15) is 89.7 Å². The second-order valence-corrected chi connectivity index (χ2v) is 11.1. The van der Waals surface area contributed by atoms with Crippen molar-refractivity contribution in [2.45, 2.75) is 78.6 Å². The van der Waals surface area contributed by atoms with Crippen molar-refractivity contribution in [2.24, 2.45) is 17.6 Å². The van der Waals surface area contributed by atoms with Gasteiger partial charge >= 0.3 is 5.97 Å².